The van der Waals surface area contributed by atoms with E-state index in [4.69, 9.17) is 10.8 Å². The maximum Gasteiger partial charge on any atom is 0.404 e. The van der Waals surface area contributed by atoms with Gasteiger partial charge in [-0.15, -0.1) is 0 Å². The fraction of sp³-hybridized carbons (Fsp3) is 0.273. The molecule has 1 aliphatic heterocycles. The van der Waals surface area contributed by atoms with Crippen molar-refractivity contribution in [3.63, 3.8) is 0 Å². The van der Waals surface area contributed by atoms with Crippen LogP contribution in [0.3, 0.4) is 0 Å². The normalized spacial score (nSPS) is 15.0. The molecule has 0 saturated carbocycles. The third kappa shape index (κ3) is 4.82. The summed E-state index contributed by atoms with van der Waals surface area (Å²) in [6, 6.07) is 14.5. The zero-order chi connectivity index (χ0) is 19.5. The standard InChI is InChI=1S/C22H24N4O2.H3N/c23-18-5-3-16(4-6-18)21-13-24-12-17-2-1-15(11-20(17)21)14-26-9-7-19(8-10-26)25-22(27)28;/h1-6,11-13,19,25H,7-10,14,23H2,(H,27,28);1H3. The Hall–Kier alpha value is -3.16. The number of benzene rings is 2. The van der Waals surface area contributed by atoms with Gasteiger partial charge in [0.15, 0.2) is 0 Å². The summed E-state index contributed by atoms with van der Waals surface area (Å²) in [6.07, 6.45) is 4.56. The smallest absolute Gasteiger partial charge is 0.404 e. The van der Waals surface area contributed by atoms with Crippen molar-refractivity contribution in [3.8, 4) is 11.1 Å². The van der Waals surface area contributed by atoms with E-state index in [9.17, 15) is 4.79 Å². The lowest BCUT2D eigenvalue weighted by atomic mass is 9.98. The van der Waals surface area contributed by atoms with E-state index in [1.165, 1.54) is 10.9 Å². The second-order valence-electron chi connectivity index (χ2n) is 7.36. The number of amides is 1. The van der Waals surface area contributed by atoms with E-state index in [1.54, 1.807) is 0 Å². The number of aromatic nitrogens is 1. The molecule has 0 spiro atoms. The van der Waals surface area contributed by atoms with Gasteiger partial charge in [-0.25, -0.2) is 4.79 Å². The highest BCUT2D eigenvalue weighted by atomic mass is 16.4. The first-order chi connectivity index (χ1) is 13.6. The average molecular weight is 393 g/mol. The van der Waals surface area contributed by atoms with Crippen LogP contribution in [0.15, 0.2) is 54.9 Å². The molecule has 2 heterocycles. The summed E-state index contributed by atoms with van der Waals surface area (Å²) in [6.45, 7) is 2.65. The largest absolute Gasteiger partial charge is 0.465 e. The summed E-state index contributed by atoms with van der Waals surface area (Å²) in [7, 11) is 0. The van der Waals surface area contributed by atoms with E-state index < -0.39 is 6.09 Å². The number of rotatable bonds is 4. The van der Waals surface area contributed by atoms with Crippen LogP contribution in [-0.2, 0) is 6.54 Å². The number of hydrogen-bond acceptors (Lipinski definition) is 5. The number of carbonyl (C=O) groups is 1. The Morgan fingerprint density at radius 1 is 1.14 bits per heavy atom. The SMILES string of the molecule is N.Nc1ccc(-c2cncc3ccc(CN4CCC(NC(=O)O)CC4)cc23)cc1. The van der Waals surface area contributed by atoms with E-state index in [2.05, 4.69) is 33.4 Å². The number of anilines is 1. The minimum absolute atomic E-state index is 0. The molecule has 1 amide bonds. The first kappa shape index (κ1) is 20.6. The van der Waals surface area contributed by atoms with Crippen LogP contribution in [0.25, 0.3) is 21.9 Å². The Labute approximate surface area is 170 Å². The van der Waals surface area contributed by atoms with Gasteiger partial charge in [0.1, 0.15) is 0 Å². The van der Waals surface area contributed by atoms with Crippen molar-refractivity contribution in [2.45, 2.75) is 25.4 Å². The van der Waals surface area contributed by atoms with Gasteiger partial charge in [-0.05, 0) is 47.6 Å². The number of fused-ring (bicyclic) bond motifs is 1. The molecule has 3 aromatic rings. The molecule has 0 unspecified atom stereocenters. The molecule has 0 bridgehead atoms. The van der Waals surface area contributed by atoms with Crippen molar-refractivity contribution in [1.82, 2.24) is 21.4 Å². The molecule has 4 rings (SSSR count). The molecular formula is C22H27N5O2. The molecule has 7 nitrogen and oxygen atoms in total. The molecular weight excluding hydrogens is 366 g/mol. The Morgan fingerprint density at radius 2 is 1.86 bits per heavy atom. The van der Waals surface area contributed by atoms with Crippen LogP contribution >= 0.6 is 0 Å². The van der Waals surface area contributed by atoms with Crippen LogP contribution in [0.1, 0.15) is 18.4 Å². The van der Waals surface area contributed by atoms with E-state index >= 15 is 0 Å². The van der Waals surface area contributed by atoms with Crippen molar-refractivity contribution in [3.05, 3.63) is 60.4 Å². The van der Waals surface area contributed by atoms with Gasteiger partial charge < -0.3 is 22.3 Å². The van der Waals surface area contributed by atoms with Gasteiger partial charge in [0.2, 0.25) is 0 Å². The van der Waals surface area contributed by atoms with Gasteiger partial charge in [-0.3, -0.25) is 9.88 Å². The first-order valence-corrected chi connectivity index (χ1v) is 9.53. The van der Waals surface area contributed by atoms with Gasteiger partial charge in [-0.2, -0.15) is 0 Å². The summed E-state index contributed by atoms with van der Waals surface area (Å²) < 4.78 is 0. The van der Waals surface area contributed by atoms with Gasteiger partial charge in [0.05, 0.1) is 0 Å². The second kappa shape index (κ2) is 8.89. The molecule has 1 aliphatic rings. The van der Waals surface area contributed by atoms with Crippen LogP contribution in [0.5, 0.6) is 0 Å². The van der Waals surface area contributed by atoms with E-state index in [1.807, 2.05) is 36.7 Å². The Kier molecular flexibility index (Phi) is 6.31. The van der Waals surface area contributed by atoms with E-state index in [0.29, 0.717) is 0 Å². The van der Waals surface area contributed by atoms with E-state index in [-0.39, 0.29) is 12.2 Å². The van der Waals surface area contributed by atoms with Crippen molar-refractivity contribution in [2.24, 2.45) is 0 Å². The van der Waals surface area contributed by atoms with Crippen molar-refractivity contribution >= 4 is 22.6 Å². The molecule has 7 heteroatoms. The molecule has 152 valence electrons. The topological polar surface area (TPSA) is 126 Å². The monoisotopic (exact) mass is 393 g/mol. The van der Waals surface area contributed by atoms with Crippen LogP contribution in [0.2, 0.25) is 0 Å². The average Bonchev–Trinajstić information content (AvgIpc) is 2.69. The van der Waals surface area contributed by atoms with Crippen molar-refractivity contribution in [1.29, 1.82) is 0 Å². The van der Waals surface area contributed by atoms with Crippen molar-refractivity contribution < 1.29 is 9.90 Å². The van der Waals surface area contributed by atoms with Gasteiger partial charge in [0, 0.05) is 54.7 Å². The molecule has 29 heavy (non-hydrogen) atoms. The highest BCUT2D eigenvalue weighted by Crippen LogP contribution is 2.29. The van der Waals surface area contributed by atoms with Crippen molar-refractivity contribution in [2.75, 3.05) is 18.8 Å². The third-order valence-corrected chi connectivity index (χ3v) is 5.37. The number of nitrogens with zero attached hydrogens (tertiary/aromatic N) is 2. The number of nitrogens with two attached hydrogens (primary N) is 1. The van der Waals surface area contributed by atoms with Gasteiger partial charge in [0.25, 0.3) is 0 Å². The molecule has 7 N–H and O–H groups in total. The van der Waals surface area contributed by atoms with Crippen LogP contribution in [0.4, 0.5) is 10.5 Å². The number of hydrogen-bond donors (Lipinski definition) is 4. The number of nitrogen functional groups attached to an aromatic ring is 1. The summed E-state index contributed by atoms with van der Waals surface area (Å²) in [4.78, 5) is 17.6. The molecule has 1 fully saturated rings. The van der Waals surface area contributed by atoms with Gasteiger partial charge >= 0.3 is 6.09 Å². The third-order valence-electron chi connectivity index (χ3n) is 5.37. The highest BCUT2D eigenvalue weighted by Gasteiger charge is 2.20. The Morgan fingerprint density at radius 3 is 2.55 bits per heavy atom. The van der Waals surface area contributed by atoms with E-state index in [0.717, 1.165) is 54.7 Å². The first-order valence-electron chi connectivity index (χ1n) is 9.53. The number of nitrogens with one attached hydrogen (secondary N) is 1. The lowest BCUT2D eigenvalue weighted by Crippen LogP contribution is -2.43. The minimum Gasteiger partial charge on any atom is -0.465 e. The summed E-state index contributed by atoms with van der Waals surface area (Å²) >= 11 is 0. The fourth-order valence-electron chi connectivity index (χ4n) is 3.87. The second-order valence-corrected chi connectivity index (χ2v) is 7.36. The zero-order valence-corrected chi connectivity index (χ0v) is 16.3. The number of pyridine rings is 1. The molecule has 2 aromatic carbocycles. The molecule has 1 saturated heterocycles. The maximum absolute atomic E-state index is 10.8. The summed E-state index contributed by atoms with van der Waals surface area (Å²) in [5, 5.41) is 13.8. The molecule has 0 atom stereocenters. The lowest BCUT2D eigenvalue weighted by Gasteiger charge is -2.31. The number of likely N-dealkylation sites (tertiary alicyclic amines) is 1. The zero-order valence-electron chi connectivity index (χ0n) is 16.3. The lowest BCUT2D eigenvalue weighted by molar-refractivity contribution is 0.165. The summed E-state index contributed by atoms with van der Waals surface area (Å²) in [5.74, 6) is 0. The number of piperidine rings is 1. The molecule has 1 aromatic heterocycles. The fourth-order valence-corrected chi connectivity index (χ4v) is 3.87. The van der Waals surface area contributed by atoms with Gasteiger partial charge in [-0.1, -0.05) is 24.3 Å². The minimum atomic E-state index is -0.934. The maximum atomic E-state index is 10.8. The van der Waals surface area contributed by atoms with Crippen LogP contribution in [-0.4, -0.2) is 40.2 Å². The quantitative estimate of drug-likeness (QED) is 0.498. The summed E-state index contributed by atoms with van der Waals surface area (Å²) in [5.41, 5.74) is 10.0. The van der Waals surface area contributed by atoms with Crippen LogP contribution < -0.4 is 17.2 Å². The molecule has 0 radical (unpaired) electrons. The Balaban J connectivity index is 0.00000240. The predicted octanol–water partition coefficient (Wildman–Crippen LogP) is 3.88. The molecule has 0 aliphatic carbocycles. The predicted molar refractivity (Wildman–Crippen MR) is 116 cm³/mol. The number of carboxylic acid groups (broad SMARTS) is 1. The Bertz CT molecular complexity index is 982. The highest BCUT2D eigenvalue weighted by molar-refractivity contribution is 5.96. The van der Waals surface area contributed by atoms with Crippen LogP contribution in [0, 0.1) is 0 Å².